The molecule has 0 aliphatic carbocycles. The third-order valence-corrected chi connectivity index (χ3v) is 5.42. The van der Waals surface area contributed by atoms with Crippen molar-refractivity contribution >= 4 is 34.8 Å². The fraction of sp³-hybridized carbons (Fsp3) is 0.350. The smallest absolute Gasteiger partial charge is 0.234 e. The molecule has 3 rings (SSSR count). The van der Waals surface area contributed by atoms with E-state index < -0.39 is 0 Å². The molecule has 26 heavy (non-hydrogen) atoms. The fourth-order valence-electron chi connectivity index (χ4n) is 3.16. The number of carbonyl (C=O) groups is 1. The van der Waals surface area contributed by atoms with Gasteiger partial charge in [0, 0.05) is 31.9 Å². The zero-order valence-corrected chi connectivity index (χ0v) is 16.3. The van der Waals surface area contributed by atoms with Gasteiger partial charge in [0.25, 0.3) is 0 Å². The molecule has 1 aliphatic rings. The molecule has 0 radical (unpaired) electrons. The molecule has 1 fully saturated rings. The van der Waals surface area contributed by atoms with Gasteiger partial charge in [0.15, 0.2) is 0 Å². The molecule has 6 heteroatoms. The molecule has 1 aliphatic heterocycles. The lowest BCUT2D eigenvalue weighted by molar-refractivity contribution is -0.123. The van der Waals surface area contributed by atoms with E-state index in [4.69, 9.17) is 23.2 Å². The Bertz CT molecular complexity index is 746. The number of anilines is 1. The summed E-state index contributed by atoms with van der Waals surface area (Å²) in [7, 11) is 0. The number of benzene rings is 2. The van der Waals surface area contributed by atoms with Gasteiger partial charge in [-0.2, -0.15) is 0 Å². The second kappa shape index (κ2) is 8.76. The Morgan fingerprint density at radius 1 is 1.04 bits per heavy atom. The van der Waals surface area contributed by atoms with Gasteiger partial charge in [-0.1, -0.05) is 47.5 Å². The first-order valence-corrected chi connectivity index (χ1v) is 9.55. The highest BCUT2D eigenvalue weighted by Crippen LogP contribution is 2.25. The van der Waals surface area contributed by atoms with Crippen molar-refractivity contribution in [2.45, 2.75) is 13.0 Å². The van der Waals surface area contributed by atoms with E-state index >= 15 is 0 Å². The van der Waals surface area contributed by atoms with Gasteiger partial charge < -0.3 is 10.2 Å². The molecule has 138 valence electrons. The molecular formula is C20H23Cl2N3O. The SMILES string of the molecule is C[C@@H](NC(=O)CN1CCN(c2ccccc2)CC1)c1ccc(Cl)c(Cl)c1. The first-order chi connectivity index (χ1) is 12.5. The summed E-state index contributed by atoms with van der Waals surface area (Å²) in [6.07, 6.45) is 0. The molecule has 1 atom stereocenters. The Labute approximate surface area is 164 Å². The molecule has 1 saturated heterocycles. The molecule has 2 aromatic carbocycles. The number of para-hydroxylation sites is 1. The Kier molecular flexibility index (Phi) is 6.41. The molecule has 1 heterocycles. The van der Waals surface area contributed by atoms with E-state index in [2.05, 4.69) is 39.4 Å². The van der Waals surface area contributed by atoms with Crippen LogP contribution >= 0.6 is 23.2 Å². The van der Waals surface area contributed by atoms with Crippen molar-refractivity contribution in [1.29, 1.82) is 0 Å². The normalized spacial score (nSPS) is 16.3. The average molecular weight is 392 g/mol. The Hall–Kier alpha value is -1.75. The van der Waals surface area contributed by atoms with Gasteiger partial charge in [0.2, 0.25) is 5.91 Å². The third-order valence-electron chi connectivity index (χ3n) is 4.68. The predicted molar refractivity (Wildman–Crippen MR) is 108 cm³/mol. The molecule has 2 aromatic rings. The van der Waals surface area contributed by atoms with Crippen LogP contribution in [-0.2, 0) is 4.79 Å². The number of hydrogen-bond acceptors (Lipinski definition) is 3. The summed E-state index contributed by atoms with van der Waals surface area (Å²) in [5.74, 6) is 0.0248. The van der Waals surface area contributed by atoms with Crippen LogP contribution in [0.15, 0.2) is 48.5 Å². The molecule has 4 nitrogen and oxygen atoms in total. The van der Waals surface area contributed by atoms with Crippen molar-refractivity contribution in [3.8, 4) is 0 Å². The lowest BCUT2D eigenvalue weighted by Crippen LogP contribution is -2.49. The molecule has 1 amide bonds. The lowest BCUT2D eigenvalue weighted by Gasteiger charge is -2.35. The maximum atomic E-state index is 12.4. The van der Waals surface area contributed by atoms with Crippen LogP contribution in [0.25, 0.3) is 0 Å². The van der Waals surface area contributed by atoms with Crippen LogP contribution in [0.1, 0.15) is 18.5 Å². The minimum Gasteiger partial charge on any atom is -0.369 e. The summed E-state index contributed by atoms with van der Waals surface area (Å²) in [4.78, 5) is 16.9. The van der Waals surface area contributed by atoms with E-state index in [1.807, 2.05) is 19.1 Å². The molecule has 0 spiro atoms. The second-order valence-electron chi connectivity index (χ2n) is 6.56. The van der Waals surface area contributed by atoms with Crippen molar-refractivity contribution < 1.29 is 4.79 Å². The summed E-state index contributed by atoms with van der Waals surface area (Å²) in [6.45, 7) is 5.98. The Morgan fingerprint density at radius 2 is 1.73 bits per heavy atom. The zero-order valence-electron chi connectivity index (χ0n) is 14.8. The number of rotatable bonds is 5. The standard InChI is InChI=1S/C20H23Cl2N3O/c1-15(16-7-8-18(21)19(22)13-16)23-20(26)14-24-9-11-25(12-10-24)17-5-3-2-4-6-17/h2-8,13,15H,9-12,14H2,1H3,(H,23,26)/t15-/m1/s1. The first kappa shape index (κ1) is 19.0. The van der Waals surface area contributed by atoms with Gasteiger partial charge in [-0.05, 0) is 36.8 Å². The number of piperazine rings is 1. The second-order valence-corrected chi connectivity index (χ2v) is 7.38. The highest BCUT2D eigenvalue weighted by atomic mass is 35.5. The number of nitrogens with one attached hydrogen (secondary N) is 1. The quantitative estimate of drug-likeness (QED) is 0.836. The number of nitrogens with zero attached hydrogens (tertiary/aromatic N) is 2. The van der Waals surface area contributed by atoms with Gasteiger partial charge in [-0.25, -0.2) is 0 Å². The van der Waals surface area contributed by atoms with Crippen molar-refractivity contribution in [2.75, 3.05) is 37.6 Å². The average Bonchev–Trinajstić information content (AvgIpc) is 2.65. The summed E-state index contributed by atoms with van der Waals surface area (Å²) < 4.78 is 0. The molecule has 0 bridgehead atoms. The van der Waals surface area contributed by atoms with Gasteiger partial charge in [0.1, 0.15) is 0 Å². The van der Waals surface area contributed by atoms with E-state index in [0.717, 1.165) is 31.7 Å². The van der Waals surface area contributed by atoms with E-state index in [0.29, 0.717) is 16.6 Å². The summed E-state index contributed by atoms with van der Waals surface area (Å²) >= 11 is 12.0. The van der Waals surface area contributed by atoms with Crippen LogP contribution in [0.2, 0.25) is 10.0 Å². The van der Waals surface area contributed by atoms with Gasteiger partial charge >= 0.3 is 0 Å². The van der Waals surface area contributed by atoms with E-state index in [9.17, 15) is 4.79 Å². The van der Waals surface area contributed by atoms with Crippen molar-refractivity contribution in [2.24, 2.45) is 0 Å². The maximum Gasteiger partial charge on any atom is 0.234 e. The third kappa shape index (κ3) is 4.91. The van der Waals surface area contributed by atoms with Crippen molar-refractivity contribution in [1.82, 2.24) is 10.2 Å². The minimum atomic E-state index is -0.108. The zero-order chi connectivity index (χ0) is 18.5. The summed E-state index contributed by atoms with van der Waals surface area (Å²) in [5.41, 5.74) is 2.19. The van der Waals surface area contributed by atoms with E-state index in [-0.39, 0.29) is 11.9 Å². The van der Waals surface area contributed by atoms with Crippen LogP contribution in [0.5, 0.6) is 0 Å². The van der Waals surface area contributed by atoms with Crippen LogP contribution in [0, 0.1) is 0 Å². The number of hydrogen-bond donors (Lipinski definition) is 1. The fourth-order valence-corrected chi connectivity index (χ4v) is 3.46. The van der Waals surface area contributed by atoms with Crippen LogP contribution in [-0.4, -0.2) is 43.5 Å². The monoisotopic (exact) mass is 391 g/mol. The molecule has 0 saturated carbocycles. The van der Waals surface area contributed by atoms with Gasteiger partial charge in [0.05, 0.1) is 22.6 Å². The first-order valence-electron chi connectivity index (χ1n) is 8.79. The van der Waals surface area contributed by atoms with Crippen molar-refractivity contribution in [3.63, 3.8) is 0 Å². The van der Waals surface area contributed by atoms with Gasteiger partial charge in [-0.3, -0.25) is 9.69 Å². The molecule has 0 unspecified atom stereocenters. The van der Waals surface area contributed by atoms with Crippen LogP contribution in [0.3, 0.4) is 0 Å². The van der Waals surface area contributed by atoms with Gasteiger partial charge in [-0.15, -0.1) is 0 Å². The topological polar surface area (TPSA) is 35.6 Å². The van der Waals surface area contributed by atoms with Crippen LogP contribution in [0.4, 0.5) is 5.69 Å². The van der Waals surface area contributed by atoms with E-state index in [1.54, 1.807) is 12.1 Å². The highest BCUT2D eigenvalue weighted by Gasteiger charge is 2.20. The number of amides is 1. The molecule has 1 N–H and O–H groups in total. The van der Waals surface area contributed by atoms with Crippen LogP contribution < -0.4 is 10.2 Å². The highest BCUT2D eigenvalue weighted by molar-refractivity contribution is 6.42. The molecule has 0 aromatic heterocycles. The summed E-state index contributed by atoms with van der Waals surface area (Å²) in [5, 5.41) is 4.06. The maximum absolute atomic E-state index is 12.4. The number of carbonyl (C=O) groups excluding carboxylic acids is 1. The lowest BCUT2D eigenvalue weighted by atomic mass is 10.1. The largest absolute Gasteiger partial charge is 0.369 e. The van der Waals surface area contributed by atoms with E-state index in [1.165, 1.54) is 5.69 Å². The summed E-state index contributed by atoms with van der Waals surface area (Å²) in [6, 6.07) is 15.7. The Morgan fingerprint density at radius 3 is 2.38 bits per heavy atom. The van der Waals surface area contributed by atoms with Crippen molar-refractivity contribution in [3.05, 3.63) is 64.1 Å². The number of halogens is 2. The predicted octanol–water partition coefficient (Wildman–Crippen LogP) is 3.99. The Balaban J connectivity index is 1.47. The minimum absolute atomic E-state index is 0.0248. The molecular weight excluding hydrogens is 369 g/mol.